The van der Waals surface area contributed by atoms with E-state index in [-0.39, 0.29) is 11.7 Å². The zero-order valence-electron chi connectivity index (χ0n) is 11.4. The Bertz CT molecular complexity index is 884. The Hall–Kier alpha value is -2.69. The second kappa shape index (κ2) is 4.15. The summed E-state index contributed by atoms with van der Waals surface area (Å²) >= 11 is 0. The van der Waals surface area contributed by atoms with Gasteiger partial charge in [-0.25, -0.2) is 9.37 Å². The number of aromatic nitrogens is 2. The van der Waals surface area contributed by atoms with E-state index < -0.39 is 0 Å². The standard InChI is InChI=1S/C16H12FN3O/c1-19-8-11-6-10(2-4-13(11)16(19)21)14-7-18-15-5-3-12(17)9-20(14)15/h2-7,9H,8H2,1H3. The summed E-state index contributed by atoms with van der Waals surface area (Å²) in [6, 6.07) is 8.72. The van der Waals surface area contributed by atoms with Crippen LogP contribution in [-0.4, -0.2) is 27.2 Å². The minimum Gasteiger partial charge on any atom is -0.337 e. The number of nitrogens with zero attached hydrogens (tertiary/aromatic N) is 3. The van der Waals surface area contributed by atoms with Crippen LogP contribution in [-0.2, 0) is 6.54 Å². The Kier molecular flexibility index (Phi) is 2.39. The highest BCUT2D eigenvalue weighted by molar-refractivity contribution is 5.98. The number of imidazole rings is 1. The molecule has 104 valence electrons. The third-order valence-electron chi connectivity index (χ3n) is 3.86. The van der Waals surface area contributed by atoms with Crippen LogP contribution in [0.2, 0.25) is 0 Å². The van der Waals surface area contributed by atoms with Gasteiger partial charge in [-0.05, 0) is 29.8 Å². The molecular weight excluding hydrogens is 269 g/mol. The van der Waals surface area contributed by atoms with Crippen molar-refractivity contribution >= 4 is 11.6 Å². The number of fused-ring (bicyclic) bond motifs is 2. The molecule has 0 bridgehead atoms. The SMILES string of the molecule is CN1Cc2cc(-c3cnc4ccc(F)cn34)ccc2C1=O. The molecule has 0 unspecified atom stereocenters. The van der Waals surface area contributed by atoms with Crippen LogP contribution >= 0.6 is 0 Å². The van der Waals surface area contributed by atoms with Crippen molar-refractivity contribution in [3.63, 3.8) is 0 Å². The molecule has 5 heteroatoms. The third-order valence-corrected chi connectivity index (χ3v) is 3.86. The first-order valence-electron chi connectivity index (χ1n) is 6.65. The Labute approximate surface area is 120 Å². The molecule has 0 atom stereocenters. The van der Waals surface area contributed by atoms with E-state index in [9.17, 15) is 9.18 Å². The third kappa shape index (κ3) is 1.74. The number of benzene rings is 1. The zero-order valence-corrected chi connectivity index (χ0v) is 11.4. The van der Waals surface area contributed by atoms with Crippen molar-refractivity contribution < 1.29 is 9.18 Å². The normalized spacial score (nSPS) is 14.0. The van der Waals surface area contributed by atoms with Gasteiger partial charge in [-0.3, -0.25) is 9.20 Å². The molecule has 0 fully saturated rings. The van der Waals surface area contributed by atoms with Gasteiger partial charge < -0.3 is 4.90 Å². The molecule has 3 aromatic rings. The van der Waals surface area contributed by atoms with Crippen LogP contribution in [0.15, 0.2) is 42.7 Å². The van der Waals surface area contributed by atoms with Gasteiger partial charge in [-0.2, -0.15) is 0 Å². The molecule has 1 amide bonds. The number of rotatable bonds is 1. The summed E-state index contributed by atoms with van der Waals surface area (Å²) < 4.78 is 15.2. The molecule has 0 saturated heterocycles. The first kappa shape index (κ1) is 12.1. The van der Waals surface area contributed by atoms with Crippen molar-refractivity contribution in [1.82, 2.24) is 14.3 Å². The molecule has 1 aliphatic heterocycles. The van der Waals surface area contributed by atoms with Gasteiger partial charge in [0.25, 0.3) is 5.91 Å². The highest BCUT2D eigenvalue weighted by Crippen LogP contribution is 2.28. The molecule has 0 N–H and O–H groups in total. The number of halogens is 1. The summed E-state index contributed by atoms with van der Waals surface area (Å²) in [7, 11) is 1.78. The lowest BCUT2D eigenvalue weighted by atomic mass is 10.0. The smallest absolute Gasteiger partial charge is 0.254 e. The fraction of sp³-hybridized carbons (Fsp3) is 0.125. The summed E-state index contributed by atoms with van der Waals surface area (Å²) in [5.41, 5.74) is 4.16. The van der Waals surface area contributed by atoms with Crippen molar-refractivity contribution in [2.45, 2.75) is 6.54 Å². The van der Waals surface area contributed by atoms with E-state index in [0.29, 0.717) is 12.2 Å². The molecule has 0 aliphatic carbocycles. The summed E-state index contributed by atoms with van der Waals surface area (Å²) in [5.74, 6) is -0.265. The molecule has 1 aliphatic rings. The Balaban J connectivity index is 1.89. The maximum absolute atomic E-state index is 13.4. The van der Waals surface area contributed by atoms with Crippen LogP contribution in [0.3, 0.4) is 0 Å². The minimum atomic E-state index is -0.308. The number of carbonyl (C=O) groups excluding carboxylic acids is 1. The predicted octanol–water partition coefficient (Wildman–Crippen LogP) is 2.73. The molecular formula is C16H12FN3O. The van der Waals surface area contributed by atoms with E-state index in [1.165, 1.54) is 12.3 Å². The van der Waals surface area contributed by atoms with Crippen LogP contribution in [0, 0.1) is 5.82 Å². The van der Waals surface area contributed by atoms with E-state index in [1.54, 1.807) is 28.6 Å². The molecule has 4 nitrogen and oxygen atoms in total. The minimum absolute atomic E-state index is 0.0423. The Morgan fingerprint density at radius 2 is 2.10 bits per heavy atom. The monoisotopic (exact) mass is 281 g/mol. The van der Waals surface area contributed by atoms with Crippen molar-refractivity contribution in [3.8, 4) is 11.3 Å². The largest absolute Gasteiger partial charge is 0.337 e. The Morgan fingerprint density at radius 1 is 1.24 bits per heavy atom. The molecule has 0 spiro atoms. The van der Waals surface area contributed by atoms with Gasteiger partial charge in [0, 0.05) is 30.9 Å². The van der Waals surface area contributed by atoms with Gasteiger partial charge in [0.05, 0.1) is 11.9 Å². The second-order valence-electron chi connectivity index (χ2n) is 5.25. The van der Waals surface area contributed by atoms with Crippen molar-refractivity contribution in [2.75, 3.05) is 7.05 Å². The quantitative estimate of drug-likeness (QED) is 0.688. The summed E-state index contributed by atoms with van der Waals surface area (Å²) in [4.78, 5) is 17.9. The van der Waals surface area contributed by atoms with Crippen molar-refractivity contribution in [3.05, 3.63) is 59.7 Å². The maximum Gasteiger partial charge on any atom is 0.254 e. The van der Waals surface area contributed by atoms with Crippen molar-refractivity contribution in [2.24, 2.45) is 0 Å². The van der Waals surface area contributed by atoms with E-state index >= 15 is 0 Å². The van der Waals surface area contributed by atoms with Crippen LogP contribution in [0.4, 0.5) is 4.39 Å². The number of hydrogen-bond acceptors (Lipinski definition) is 2. The van der Waals surface area contributed by atoms with Crippen LogP contribution < -0.4 is 0 Å². The van der Waals surface area contributed by atoms with Gasteiger partial charge in [0.2, 0.25) is 0 Å². The lowest BCUT2D eigenvalue weighted by Gasteiger charge is -2.05. The van der Waals surface area contributed by atoms with Gasteiger partial charge in [-0.15, -0.1) is 0 Å². The highest BCUT2D eigenvalue weighted by Gasteiger charge is 2.24. The molecule has 21 heavy (non-hydrogen) atoms. The predicted molar refractivity (Wildman–Crippen MR) is 76.4 cm³/mol. The zero-order chi connectivity index (χ0) is 14.6. The lowest BCUT2D eigenvalue weighted by molar-refractivity contribution is 0.0816. The van der Waals surface area contributed by atoms with E-state index in [4.69, 9.17) is 0 Å². The summed E-state index contributed by atoms with van der Waals surface area (Å²) in [6.07, 6.45) is 3.14. The fourth-order valence-electron chi connectivity index (χ4n) is 2.79. The van der Waals surface area contributed by atoms with Crippen LogP contribution in [0.1, 0.15) is 15.9 Å². The van der Waals surface area contributed by atoms with Gasteiger partial charge in [-0.1, -0.05) is 6.07 Å². The average molecular weight is 281 g/mol. The lowest BCUT2D eigenvalue weighted by Crippen LogP contribution is -2.17. The number of amides is 1. The van der Waals surface area contributed by atoms with Crippen LogP contribution in [0.25, 0.3) is 16.9 Å². The van der Waals surface area contributed by atoms with E-state index in [0.717, 1.165) is 22.4 Å². The first-order chi connectivity index (χ1) is 10.1. The highest BCUT2D eigenvalue weighted by atomic mass is 19.1. The number of hydrogen-bond donors (Lipinski definition) is 0. The van der Waals surface area contributed by atoms with Crippen molar-refractivity contribution in [1.29, 1.82) is 0 Å². The molecule has 0 saturated carbocycles. The van der Waals surface area contributed by atoms with E-state index in [1.807, 2.05) is 18.2 Å². The topological polar surface area (TPSA) is 37.6 Å². The summed E-state index contributed by atoms with van der Waals surface area (Å²) in [6.45, 7) is 0.604. The molecule has 4 rings (SSSR count). The Morgan fingerprint density at radius 3 is 2.95 bits per heavy atom. The van der Waals surface area contributed by atoms with Gasteiger partial charge >= 0.3 is 0 Å². The second-order valence-corrected chi connectivity index (χ2v) is 5.25. The number of pyridine rings is 1. The molecule has 3 heterocycles. The first-order valence-corrected chi connectivity index (χ1v) is 6.65. The molecule has 2 aromatic heterocycles. The summed E-state index contributed by atoms with van der Waals surface area (Å²) in [5, 5.41) is 0. The fourth-order valence-corrected chi connectivity index (χ4v) is 2.79. The maximum atomic E-state index is 13.4. The van der Waals surface area contributed by atoms with Crippen LogP contribution in [0.5, 0.6) is 0 Å². The average Bonchev–Trinajstić information content (AvgIpc) is 3.00. The number of carbonyl (C=O) groups is 1. The van der Waals surface area contributed by atoms with Gasteiger partial charge in [0.1, 0.15) is 11.5 Å². The molecule has 1 aromatic carbocycles. The molecule has 0 radical (unpaired) electrons. The van der Waals surface area contributed by atoms with Gasteiger partial charge in [0.15, 0.2) is 0 Å². The van der Waals surface area contributed by atoms with E-state index in [2.05, 4.69) is 4.98 Å².